The molecular weight excluding hydrogens is 423 g/mol. The van der Waals surface area contributed by atoms with E-state index in [0.29, 0.717) is 24.8 Å². The number of benzene rings is 2. The maximum Gasteiger partial charge on any atom is 0.336 e. The van der Waals surface area contributed by atoms with E-state index in [1.54, 1.807) is 12.1 Å². The lowest BCUT2D eigenvalue weighted by atomic mass is 10.0. The van der Waals surface area contributed by atoms with Crippen LogP contribution in [0.25, 0.3) is 11.0 Å². The quantitative estimate of drug-likeness (QED) is 0.413. The highest BCUT2D eigenvalue weighted by atomic mass is 19.1. The van der Waals surface area contributed by atoms with Crippen LogP contribution in [-0.4, -0.2) is 43.8 Å². The van der Waals surface area contributed by atoms with Crippen molar-refractivity contribution in [3.63, 3.8) is 0 Å². The van der Waals surface area contributed by atoms with Gasteiger partial charge in [0.05, 0.1) is 18.6 Å². The van der Waals surface area contributed by atoms with Crippen molar-refractivity contribution >= 4 is 11.0 Å². The first-order chi connectivity index (χ1) is 16.2. The Balaban J connectivity index is 1.08. The molecule has 0 radical (unpaired) electrons. The predicted octanol–water partition coefficient (Wildman–Crippen LogP) is 3.89. The van der Waals surface area contributed by atoms with Crippen molar-refractivity contribution in [3.8, 4) is 11.5 Å². The van der Waals surface area contributed by atoms with E-state index in [0.717, 1.165) is 79.9 Å². The number of halogens is 1. The van der Waals surface area contributed by atoms with Crippen LogP contribution < -0.4 is 20.4 Å². The average molecular weight is 453 g/mol. The van der Waals surface area contributed by atoms with Crippen molar-refractivity contribution in [1.82, 2.24) is 10.2 Å². The average Bonchev–Trinajstić information content (AvgIpc) is 3.30. The van der Waals surface area contributed by atoms with Crippen molar-refractivity contribution in [2.24, 2.45) is 0 Å². The lowest BCUT2D eigenvalue weighted by Crippen LogP contribution is -2.42. The van der Waals surface area contributed by atoms with Gasteiger partial charge in [-0.2, -0.15) is 0 Å². The largest absolute Gasteiger partial charge is 0.493 e. The molecule has 174 valence electrons. The maximum atomic E-state index is 13.0. The van der Waals surface area contributed by atoms with Crippen LogP contribution in [0.1, 0.15) is 30.4 Å². The molecule has 0 amide bonds. The highest BCUT2D eigenvalue weighted by molar-refractivity contribution is 5.87. The molecule has 3 aromatic rings. The Morgan fingerprint density at radius 3 is 2.76 bits per heavy atom. The number of nitrogens with one attached hydrogen (secondary N) is 1. The molecule has 0 unspecified atom stereocenters. The van der Waals surface area contributed by atoms with Crippen molar-refractivity contribution in [1.29, 1.82) is 0 Å². The number of piperidine rings is 1. The van der Waals surface area contributed by atoms with Crippen molar-refractivity contribution in [2.45, 2.75) is 38.3 Å². The van der Waals surface area contributed by atoms with Gasteiger partial charge in [-0.15, -0.1) is 0 Å². The van der Waals surface area contributed by atoms with Crippen LogP contribution in [0.2, 0.25) is 0 Å². The summed E-state index contributed by atoms with van der Waals surface area (Å²) in [6.45, 7) is 5.11. The number of hydrogen-bond acceptors (Lipinski definition) is 6. The summed E-state index contributed by atoms with van der Waals surface area (Å²) in [7, 11) is 0. The Hall–Kier alpha value is -2.90. The van der Waals surface area contributed by atoms with Crippen LogP contribution in [0.5, 0.6) is 11.5 Å². The van der Waals surface area contributed by atoms with E-state index in [1.165, 1.54) is 18.2 Å². The first kappa shape index (κ1) is 21.9. The molecule has 0 spiro atoms. The molecule has 2 aromatic carbocycles. The molecule has 0 bridgehead atoms. The van der Waals surface area contributed by atoms with Gasteiger partial charge in [-0.05, 0) is 56.1 Å². The van der Waals surface area contributed by atoms with E-state index in [4.69, 9.17) is 13.9 Å². The van der Waals surface area contributed by atoms with Crippen molar-refractivity contribution < 1.29 is 18.3 Å². The van der Waals surface area contributed by atoms with E-state index >= 15 is 0 Å². The minimum Gasteiger partial charge on any atom is -0.493 e. The Morgan fingerprint density at radius 1 is 1.12 bits per heavy atom. The maximum absolute atomic E-state index is 13.0. The monoisotopic (exact) mass is 452 g/mol. The Kier molecular flexibility index (Phi) is 6.60. The van der Waals surface area contributed by atoms with Gasteiger partial charge in [0.1, 0.15) is 22.9 Å². The second-order valence-corrected chi connectivity index (χ2v) is 8.77. The predicted molar refractivity (Wildman–Crippen MR) is 124 cm³/mol. The highest BCUT2D eigenvalue weighted by Crippen LogP contribution is 2.39. The van der Waals surface area contributed by atoms with E-state index in [2.05, 4.69) is 10.2 Å². The highest BCUT2D eigenvalue weighted by Gasteiger charge is 2.22. The Morgan fingerprint density at radius 2 is 1.94 bits per heavy atom. The summed E-state index contributed by atoms with van der Waals surface area (Å²) in [5.41, 5.74) is 2.31. The molecule has 1 aromatic heterocycles. The van der Waals surface area contributed by atoms with Crippen molar-refractivity contribution in [3.05, 3.63) is 69.8 Å². The molecule has 5 rings (SSSR count). The molecule has 1 N–H and O–H groups in total. The summed E-state index contributed by atoms with van der Waals surface area (Å²) in [4.78, 5) is 14.1. The van der Waals surface area contributed by atoms with Crippen LogP contribution in [-0.2, 0) is 13.0 Å². The third-order valence-electron chi connectivity index (χ3n) is 6.51. The summed E-state index contributed by atoms with van der Waals surface area (Å²) in [6, 6.07) is 12.2. The number of nitrogens with zero attached hydrogens (tertiary/aromatic N) is 1. The van der Waals surface area contributed by atoms with Gasteiger partial charge < -0.3 is 24.1 Å². The van der Waals surface area contributed by atoms with Gasteiger partial charge in [0.15, 0.2) is 0 Å². The third kappa shape index (κ3) is 5.20. The SMILES string of the molecule is O=c1ccc2c(OCCCN3CCC(NCc4ccc(F)cc4)CC3)c3c(cc2o1)OCC3. The van der Waals surface area contributed by atoms with Gasteiger partial charge >= 0.3 is 5.63 Å². The summed E-state index contributed by atoms with van der Waals surface area (Å²) in [5.74, 6) is 1.34. The Bertz CT molecular complexity index is 1150. The fraction of sp³-hybridized carbons (Fsp3) is 0.423. The van der Waals surface area contributed by atoms with Gasteiger partial charge in [0.2, 0.25) is 0 Å². The second kappa shape index (κ2) is 9.93. The zero-order valence-electron chi connectivity index (χ0n) is 18.6. The molecular formula is C26H29FN2O4. The first-order valence-corrected chi connectivity index (χ1v) is 11.7. The summed E-state index contributed by atoms with van der Waals surface area (Å²) < 4.78 is 30.3. The topological polar surface area (TPSA) is 63.9 Å². The lowest BCUT2D eigenvalue weighted by Gasteiger charge is -2.32. The van der Waals surface area contributed by atoms with Gasteiger partial charge in [-0.3, -0.25) is 0 Å². The number of likely N-dealkylation sites (tertiary alicyclic amines) is 1. The number of hydrogen-bond donors (Lipinski definition) is 1. The van der Waals surface area contributed by atoms with E-state index in [-0.39, 0.29) is 11.4 Å². The van der Waals surface area contributed by atoms with Crippen LogP contribution in [0, 0.1) is 5.82 Å². The molecule has 33 heavy (non-hydrogen) atoms. The molecule has 2 aliphatic heterocycles. The molecule has 3 heterocycles. The summed E-state index contributed by atoms with van der Waals surface area (Å²) in [5, 5.41) is 4.42. The van der Waals surface area contributed by atoms with E-state index in [1.807, 2.05) is 12.1 Å². The van der Waals surface area contributed by atoms with Crippen LogP contribution in [0.15, 0.2) is 51.7 Å². The van der Waals surface area contributed by atoms with Crippen LogP contribution >= 0.6 is 0 Å². The molecule has 1 saturated heterocycles. The summed E-state index contributed by atoms with van der Waals surface area (Å²) in [6.07, 6.45) is 3.94. The fourth-order valence-electron chi connectivity index (χ4n) is 4.69. The lowest BCUT2D eigenvalue weighted by molar-refractivity contribution is 0.182. The number of rotatable bonds is 8. The molecule has 6 nitrogen and oxygen atoms in total. The second-order valence-electron chi connectivity index (χ2n) is 8.77. The van der Waals surface area contributed by atoms with Gasteiger partial charge in [-0.1, -0.05) is 12.1 Å². The number of fused-ring (bicyclic) bond motifs is 2. The standard InChI is InChI=1S/C26H29FN2O4/c27-19-4-2-18(3-5-19)17-28-20-8-12-29(13-9-20)11-1-14-32-26-21-6-7-25(30)33-24(21)16-23-22(26)10-15-31-23/h2-7,16,20,28H,1,8-15,17H2. The minimum atomic E-state index is -0.373. The normalized spacial score (nSPS) is 16.6. The van der Waals surface area contributed by atoms with Crippen LogP contribution in [0.3, 0.4) is 0 Å². The van der Waals surface area contributed by atoms with Gasteiger partial charge in [0, 0.05) is 43.2 Å². The molecule has 1 fully saturated rings. The zero-order chi connectivity index (χ0) is 22.6. The molecule has 7 heteroatoms. The number of ether oxygens (including phenoxy) is 2. The smallest absolute Gasteiger partial charge is 0.336 e. The first-order valence-electron chi connectivity index (χ1n) is 11.7. The zero-order valence-corrected chi connectivity index (χ0v) is 18.6. The van der Waals surface area contributed by atoms with Crippen LogP contribution in [0.4, 0.5) is 4.39 Å². The Labute approximate surface area is 192 Å². The van der Waals surface area contributed by atoms with Crippen molar-refractivity contribution in [2.75, 3.05) is 32.8 Å². The third-order valence-corrected chi connectivity index (χ3v) is 6.51. The van der Waals surface area contributed by atoms with E-state index in [9.17, 15) is 9.18 Å². The van der Waals surface area contributed by atoms with E-state index < -0.39 is 0 Å². The molecule has 0 aliphatic carbocycles. The molecule has 2 aliphatic rings. The molecule has 0 atom stereocenters. The molecule has 0 saturated carbocycles. The van der Waals surface area contributed by atoms with Gasteiger partial charge in [0.25, 0.3) is 0 Å². The minimum absolute atomic E-state index is 0.194. The van der Waals surface area contributed by atoms with Gasteiger partial charge in [-0.25, -0.2) is 9.18 Å². The summed E-state index contributed by atoms with van der Waals surface area (Å²) >= 11 is 0. The fourth-order valence-corrected chi connectivity index (χ4v) is 4.69.